The van der Waals surface area contributed by atoms with Crippen molar-refractivity contribution in [3.05, 3.63) is 83.9 Å². The van der Waals surface area contributed by atoms with E-state index >= 15 is 0 Å². The van der Waals surface area contributed by atoms with Crippen molar-refractivity contribution in [2.45, 2.75) is 6.17 Å². The highest BCUT2D eigenvalue weighted by Crippen LogP contribution is 2.36. The molecule has 0 aliphatic carbocycles. The fraction of sp³-hybridized carbons (Fsp3) is 0.150. The van der Waals surface area contributed by atoms with Gasteiger partial charge in [-0.15, -0.1) is 0 Å². The number of aromatic nitrogens is 1. The number of anilines is 1. The van der Waals surface area contributed by atoms with E-state index in [1.165, 1.54) is 6.07 Å². The largest absolute Gasteiger partial charge is 0.350 e. The molecule has 1 atom stereocenters. The summed E-state index contributed by atoms with van der Waals surface area (Å²) in [5.74, 6) is -0.297. The van der Waals surface area contributed by atoms with Crippen LogP contribution in [0.5, 0.6) is 0 Å². The van der Waals surface area contributed by atoms with Crippen molar-refractivity contribution in [1.29, 1.82) is 0 Å². The second kappa shape index (κ2) is 5.77. The fourth-order valence-corrected chi connectivity index (χ4v) is 3.48. The predicted octanol–water partition coefficient (Wildman–Crippen LogP) is 3.84. The molecule has 0 fully saturated rings. The summed E-state index contributed by atoms with van der Waals surface area (Å²) >= 11 is 0. The lowest BCUT2D eigenvalue weighted by Gasteiger charge is -2.41. The highest BCUT2D eigenvalue weighted by atomic mass is 19.1. The van der Waals surface area contributed by atoms with Gasteiger partial charge >= 0.3 is 0 Å². The van der Waals surface area contributed by atoms with Gasteiger partial charge in [-0.3, -0.25) is 4.79 Å². The number of rotatable bonds is 2. The van der Waals surface area contributed by atoms with Gasteiger partial charge in [0.1, 0.15) is 12.0 Å². The third kappa shape index (κ3) is 2.39. The number of carbonyl (C=O) groups is 1. The van der Waals surface area contributed by atoms with Crippen LogP contribution in [0.25, 0.3) is 5.69 Å². The third-order valence-electron chi connectivity index (χ3n) is 4.71. The van der Waals surface area contributed by atoms with Gasteiger partial charge in [0, 0.05) is 32.1 Å². The number of carbonyl (C=O) groups excluding carboxylic acids is 1. The van der Waals surface area contributed by atoms with Gasteiger partial charge in [0.15, 0.2) is 0 Å². The van der Waals surface area contributed by atoms with E-state index in [2.05, 4.69) is 4.90 Å². The van der Waals surface area contributed by atoms with E-state index in [1.54, 1.807) is 34.7 Å². The van der Waals surface area contributed by atoms with Crippen LogP contribution in [0.3, 0.4) is 0 Å². The standard InChI is InChI=1S/C20H18FN3O/c1-22-17-9-5-3-7-15(17)20(25)23(2)19(22)14-11-12-24(13-14)18-10-6-4-8-16(18)21/h3-13,19H,1-2H3/t19-/m0/s1. The van der Waals surface area contributed by atoms with E-state index < -0.39 is 0 Å². The molecular weight excluding hydrogens is 317 g/mol. The van der Waals surface area contributed by atoms with Gasteiger partial charge in [-0.2, -0.15) is 0 Å². The molecule has 0 N–H and O–H groups in total. The van der Waals surface area contributed by atoms with Gasteiger partial charge in [0.05, 0.1) is 16.9 Å². The molecule has 126 valence electrons. The molecule has 0 spiro atoms. The molecule has 4 rings (SSSR count). The highest BCUT2D eigenvalue weighted by Gasteiger charge is 2.34. The molecule has 1 amide bonds. The van der Waals surface area contributed by atoms with Crippen LogP contribution in [0.4, 0.5) is 10.1 Å². The second-order valence-corrected chi connectivity index (χ2v) is 6.22. The first-order chi connectivity index (χ1) is 12.1. The number of amides is 1. The normalized spacial score (nSPS) is 16.9. The van der Waals surface area contributed by atoms with Crippen LogP contribution in [0.15, 0.2) is 67.0 Å². The van der Waals surface area contributed by atoms with E-state index in [9.17, 15) is 9.18 Å². The Bertz CT molecular complexity index is 949. The van der Waals surface area contributed by atoms with Crippen LogP contribution < -0.4 is 4.90 Å². The molecule has 5 heteroatoms. The monoisotopic (exact) mass is 335 g/mol. The first-order valence-corrected chi connectivity index (χ1v) is 8.10. The first kappa shape index (κ1) is 15.4. The molecule has 0 saturated heterocycles. The molecule has 0 bridgehead atoms. The summed E-state index contributed by atoms with van der Waals surface area (Å²) in [5.41, 5.74) is 3.00. The zero-order valence-electron chi connectivity index (χ0n) is 14.1. The highest BCUT2D eigenvalue weighted by molar-refractivity contribution is 6.01. The number of hydrogen-bond donors (Lipinski definition) is 0. The summed E-state index contributed by atoms with van der Waals surface area (Å²) in [6, 6.07) is 16.1. The molecule has 2 aromatic carbocycles. The van der Waals surface area contributed by atoms with Crippen molar-refractivity contribution in [3.63, 3.8) is 0 Å². The zero-order valence-corrected chi connectivity index (χ0v) is 14.1. The molecular formula is C20H18FN3O. The van der Waals surface area contributed by atoms with E-state index in [0.717, 1.165) is 11.3 Å². The fourth-order valence-electron chi connectivity index (χ4n) is 3.48. The van der Waals surface area contributed by atoms with Crippen LogP contribution in [-0.2, 0) is 0 Å². The van der Waals surface area contributed by atoms with E-state index in [1.807, 2.05) is 49.8 Å². The lowest BCUT2D eigenvalue weighted by Crippen LogP contribution is -2.45. The van der Waals surface area contributed by atoms with Crippen molar-refractivity contribution >= 4 is 11.6 Å². The van der Waals surface area contributed by atoms with Gasteiger partial charge in [0.2, 0.25) is 0 Å². The third-order valence-corrected chi connectivity index (χ3v) is 4.71. The number of nitrogens with zero attached hydrogens (tertiary/aromatic N) is 3. The van der Waals surface area contributed by atoms with Crippen molar-refractivity contribution in [2.75, 3.05) is 19.0 Å². The Kier molecular flexibility index (Phi) is 3.57. The Morgan fingerprint density at radius 1 is 0.880 bits per heavy atom. The maximum atomic E-state index is 14.0. The smallest absolute Gasteiger partial charge is 0.257 e. The van der Waals surface area contributed by atoms with Crippen molar-refractivity contribution in [1.82, 2.24) is 9.47 Å². The van der Waals surface area contributed by atoms with Crippen LogP contribution in [0.1, 0.15) is 22.1 Å². The van der Waals surface area contributed by atoms with Crippen LogP contribution in [0, 0.1) is 5.82 Å². The molecule has 0 radical (unpaired) electrons. The Hall–Kier alpha value is -3.08. The van der Waals surface area contributed by atoms with Gasteiger partial charge in [-0.05, 0) is 30.3 Å². The zero-order chi connectivity index (χ0) is 17.6. The number of benzene rings is 2. The molecule has 0 saturated carbocycles. The van der Waals surface area contributed by atoms with Gasteiger partial charge in [-0.1, -0.05) is 24.3 Å². The average Bonchev–Trinajstić information content (AvgIpc) is 3.10. The van der Waals surface area contributed by atoms with E-state index in [0.29, 0.717) is 11.3 Å². The maximum Gasteiger partial charge on any atom is 0.257 e. The Morgan fingerprint density at radius 2 is 1.56 bits per heavy atom. The Balaban J connectivity index is 1.76. The van der Waals surface area contributed by atoms with Crippen LogP contribution in [0.2, 0.25) is 0 Å². The van der Waals surface area contributed by atoms with Gasteiger partial charge < -0.3 is 14.4 Å². The lowest BCUT2D eigenvalue weighted by molar-refractivity contribution is 0.0711. The number of halogens is 1. The second-order valence-electron chi connectivity index (χ2n) is 6.22. The number of para-hydroxylation sites is 2. The molecule has 3 aromatic rings. The minimum Gasteiger partial charge on any atom is -0.350 e. The summed E-state index contributed by atoms with van der Waals surface area (Å²) in [4.78, 5) is 16.5. The summed E-state index contributed by atoms with van der Waals surface area (Å²) in [6.07, 6.45) is 3.45. The first-order valence-electron chi connectivity index (χ1n) is 8.10. The molecule has 2 heterocycles. The average molecular weight is 335 g/mol. The lowest BCUT2D eigenvalue weighted by atomic mass is 10.0. The summed E-state index contributed by atoms with van der Waals surface area (Å²) in [7, 11) is 3.76. The quantitative estimate of drug-likeness (QED) is 0.712. The number of hydrogen-bond acceptors (Lipinski definition) is 2. The summed E-state index contributed by atoms with van der Waals surface area (Å²) in [6.45, 7) is 0. The predicted molar refractivity (Wildman–Crippen MR) is 95.4 cm³/mol. The van der Waals surface area contributed by atoms with Crippen molar-refractivity contribution < 1.29 is 9.18 Å². The SMILES string of the molecule is CN1C(=O)c2ccccc2N(C)[C@@H]1c1ccn(-c2ccccc2F)c1. The molecule has 0 unspecified atom stereocenters. The molecule has 1 aliphatic rings. The Morgan fingerprint density at radius 3 is 2.32 bits per heavy atom. The number of fused-ring (bicyclic) bond motifs is 1. The van der Waals surface area contributed by atoms with Crippen LogP contribution in [-0.4, -0.2) is 29.5 Å². The molecule has 25 heavy (non-hydrogen) atoms. The Labute approximate surface area is 145 Å². The topological polar surface area (TPSA) is 28.5 Å². The van der Waals surface area contributed by atoms with E-state index in [-0.39, 0.29) is 17.9 Å². The van der Waals surface area contributed by atoms with Gasteiger partial charge in [-0.25, -0.2) is 4.39 Å². The molecule has 1 aromatic heterocycles. The maximum absolute atomic E-state index is 14.0. The van der Waals surface area contributed by atoms with Gasteiger partial charge in [0.25, 0.3) is 5.91 Å². The molecule has 1 aliphatic heterocycles. The minimum atomic E-state index is -0.281. The molecule has 4 nitrogen and oxygen atoms in total. The minimum absolute atomic E-state index is 0.0164. The van der Waals surface area contributed by atoms with Crippen molar-refractivity contribution in [2.24, 2.45) is 0 Å². The van der Waals surface area contributed by atoms with E-state index in [4.69, 9.17) is 0 Å². The summed E-state index contributed by atoms with van der Waals surface area (Å²) in [5, 5.41) is 0. The summed E-state index contributed by atoms with van der Waals surface area (Å²) < 4.78 is 15.8. The van der Waals surface area contributed by atoms with Crippen molar-refractivity contribution in [3.8, 4) is 5.69 Å². The van der Waals surface area contributed by atoms with Crippen LogP contribution >= 0.6 is 0 Å².